The van der Waals surface area contributed by atoms with Gasteiger partial charge >= 0.3 is 0 Å². The van der Waals surface area contributed by atoms with E-state index in [1.165, 1.54) is 15.9 Å². The van der Waals surface area contributed by atoms with Gasteiger partial charge in [0.05, 0.1) is 23.8 Å². The Morgan fingerprint density at radius 3 is 2.36 bits per heavy atom. The third-order valence-corrected chi connectivity index (χ3v) is 6.88. The number of hydrogen-bond acceptors (Lipinski definition) is 7. The molecule has 0 unspecified atom stereocenters. The second kappa shape index (κ2) is 10.7. The van der Waals surface area contributed by atoms with Crippen LogP contribution in [0.5, 0.6) is 5.75 Å². The second-order valence-electron chi connectivity index (χ2n) is 8.58. The zero-order chi connectivity index (χ0) is 25.8. The van der Waals surface area contributed by atoms with Gasteiger partial charge in [0.25, 0.3) is 17.7 Å². The molecule has 1 atom stereocenters. The summed E-state index contributed by atoms with van der Waals surface area (Å²) in [7, 11) is 3.17. The molecule has 0 fully saturated rings. The van der Waals surface area contributed by atoms with Gasteiger partial charge in [0.2, 0.25) is 0 Å². The van der Waals surface area contributed by atoms with E-state index in [1.54, 1.807) is 37.6 Å². The number of carbonyl (C=O) groups is 3. The summed E-state index contributed by atoms with van der Waals surface area (Å²) in [5, 5.41) is 19.0. The van der Waals surface area contributed by atoms with E-state index in [4.69, 9.17) is 0 Å². The number of amides is 3. The third kappa shape index (κ3) is 4.96. The Bertz CT molecular complexity index is 1300. The summed E-state index contributed by atoms with van der Waals surface area (Å²) in [6.07, 6.45) is 0.690. The molecular weight excluding hydrogens is 476 g/mol. The van der Waals surface area contributed by atoms with E-state index in [-0.39, 0.29) is 46.9 Å². The molecule has 9 heteroatoms. The number of phenols is 1. The van der Waals surface area contributed by atoms with E-state index in [2.05, 4.69) is 10.6 Å². The molecule has 3 aromatic rings. The Morgan fingerprint density at radius 2 is 1.72 bits per heavy atom. The number of para-hydroxylation sites is 1. The highest BCUT2D eigenvalue weighted by molar-refractivity contribution is 7.10. The van der Waals surface area contributed by atoms with Gasteiger partial charge in [0.1, 0.15) is 11.4 Å². The van der Waals surface area contributed by atoms with Gasteiger partial charge in [-0.1, -0.05) is 49.4 Å². The molecule has 0 aliphatic carbocycles. The lowest BCUT2D eigenvalue weighted by atomic mass is 10.1. The van der Waals surface area contributed by atoms with Crippen molar-refractivity contribution in [3.8, 4) is 5.75 Å². The van der Waals surface area contributed by atoms with Crippen LogP contribution in [0.2, 0.25) is 0 Å². The Kier molecular flexibility index (Phi) is 7.40. The number of thiophene rings is 1. The van der Waals surface area contributed by atoms with Crippen LogP contribution in [-0.2, 0) is 16.1 Å². The average molecular weight is 505 g/mol. The maximum atomic E-state index is 13.5. The van der Waals surface area contributed by atoms with Crippen LogP contribution in [0.15, 0.2) is 77.4 Å². The Balaban J connectivity index is 1.72. The lowest BCUT2D eigenvalue weighted by molar-refractivity contribution is -0.138. The van der Waals surface area contributed by atoms with Crippen LogP contribution < -0.4 is 10.6 Å². The molecule has 0 saturated heterocycles. The van der Waals surface area contributed by atoms with Crippen molar-refractivity contribution in [1.29, 1.82) is 0 Å². The van der Waals surface area contributed by atoms with Gasteiger partial charge in [-0.15, -0.1) is 11.3 Å². The molecule has 3 N–H and O–H groups in total. The van der Waals surface area contributed by atoms with Crippen molar-refractivity contribution >= 4 is 34.7 Å². The first-order chi connectivity index (χ1) is 17.3. The minimum Gasteiger partial charge on any atom is -0.505 e. The minimum atomic E-state index is -0.517. The maximum Gasteiger partial charge on any atom is 0.279 e. The van der Waals surface area contributed by atoms with Gasteiger partial charge in [-0.25, -0.2) is 0 Å². The number of carbonyl (C=O) groups excluding carboxylic acids is 3. The molecule has 1 aliphatic rings. The van der Waals surface area contributed by atoms with Crippen molar-refractivity contribution in [3.63, 3.8) is 0 Å². The number of aromatic hydroxyl groups is 1. The topological polar surface area (TPSA) is 102 Å². The third-order valence-electron chi connectivity index (χ3n) is 5.90. The van der Waals surface area contributed by atoms with E-state index >= 15 is 0 Å². The molecular formula is C27H28N4O4S. The van der Waals surface area contributed by atoms with Gasteiger partial charge in [-0.05, 0) is 35.6 Å². The first-order valence-corrected chi connectivity index (χ1v) is 12.4. The van der Waals surface area contributed by atoms with E-state index < -0.39 is 11.8 Å². The van der Waals surface area contributed by atoms with Crippen LogP contribution in [0.25, 0.3) is 0 Å². The molecule has 2 aromatic carbocycles. The number of hydrogen-bond donors (Lipinski definition) is 3. The largest absolute Gasteiger partial charge is 0.505 e. The zero-order valence-electron chi connectivity index (χ0n) is 20.3. The molecule has 0 spiro atoms. The molecule has 1 aliphatic heterocycles. The molecule has 3 amide bonds. The summed E-state index contributed by atoms with van der Waals surface area (Å²) in [4.78, 5) is 43.1. The molecule has 186 valence electrons. The van der Waals surface area contributed by atoms with E-state index in [0.29, 0.717) is 6.42 Å². The Labute approximate surface area is 213 Å². The quantitative estimate of drug-likeness (QED) is 0.300. The number of benzene rings is 2. The lowest BCUT2D eigenvalue weighted by Crippen LogP contribution is -2.34. The van der Waals surface area contributed by atoms with Crippen molar-refractivity contribution < 1.29 is 19.5 Å². The number of rotatable bonds is 9. The summed E-state index contributed by atoms with van der Waals surface area (Å²) in [5.41, 5.74) is 1.20. The summed E-state index contributed by atoms with van der Waals surface area (Å²) in [6, 6.07) is 17.7. The fourth-order valence-corrected chi connectivity index (χ4v) is 4.83. The van der Waals surface area contributed by atoms with Gasteiger partial charge in [0, 0.05) is 19.0 Å². The number of nitrogens with zero attached hydrogens (tertiary/aromatic N) is 2. The summed E-state index contributed by atoms with van der Waals surface area (Å²) in [5.74, 6) is -1.65. The van der Waals surface area contributed by atoms with Crippen LogP contribution in [-0.4, -0.2) is 46.7 Å². The number of imide groups is 1. The predicted octanol–water partition coefficient (Wildman–Crippen LogP) is 4.09. The SMILES string of the molecule is CC[C@@H](NC1=C(Nc2cccc(C(=O)N(C)C)c2O)C(=O)N(Cc2ccccc2)C1=O)c1cccs1. The van der Waals surface area contributed by atoms with Crippen molar-refractivity contribution in [2.24, 2.45) is 0 Å². The normalized spacial score (nSPS) is 14.2. The second-order valence-corrected chi connectivity index (χ2v) is 9.56. The summed E-state index contributed by atoms with van der Waals surface area (Å²) >= 11 is 1.56. The fourth-order valence-electron chi connectivity index (χ4n) is 3.97. The molecule has 8 nitrogen and oxygen atoms in total. The smallest absolute Gasteiger partial charge is 0.279 e. The van der Waals surface area contributed by atoms with Crippen molar-refractivity contribution in [2.75, 3.05) is 19.4 Å². The van der Waals surface area contributed by atoms with Crippen LogP contribution in [0.3, 0.4) is 0 Å². The monoisotopic (exact) mass is 504 g/mol. The number of nitrogens with one attached hydrogen (secondary N) is 2. The fraction of sp³-hybridized carbons (Fsp3) is 0.222. The zero-order valence-corrected chi connectivity index (χ0v) is 21.1. The van der Waals surface area contributed by atoms with Crippen LogP contribution in [0, 0.1) is 0 Å². The van der Waals surface area contributed by atoms with Gasteiger partial charge in [-0.2, -0.15) is 0 Å². The summed E-state index contributed by atoms with van der Waals surface area (Å²) in [6.45, 7) is 2.10. The molecule has 2 heterocycles. The van der Waals surface area contributed by atoms with Gasteiger partial charge in [0.15, 0.2) is 5.75 Å². The predicted molar refractivity (Wildman–Crippen MR) is 139 cm³/mol. The number of anilines is 1. The first kappa shape index (κ1) is 25.0. The Hall–Kier alpha value is -4.11. The standard InChI is InChI=1S/C27H28N4O4S/c1-4-19(21-14-9-15-36-21)28-22-23(27(35)31(26(22)34)16-17-10-6-5-7-11-17)29-20-13-8-12-18(24(20)32)25(33)30(2)3/h5-15,19,28-29,32H,4,16H2,1-3H3/t19-/m1/s1. The lowest BCUT2D eigenvalue weighted by Gasteiger charge is -2.19. The average Bonchev–Trinajstić information content (AvgIpc) is 3.48. The molecule has 4 rings (SSSR count). The Morgan fingerprint density at radius 1 is 1.00 bits per heavy atom. The minimum absolute atomic E-state index is 0.0238. The van der Waals surface area contributed by atoms with E-state index in [0.717, 1.165) is 10.4 Å². The summed E-state index contributed by atoms with van der Waals surface area (Å²) < 4.78 is 0. The first-order valence-electron chi connectivity index (χ1n) is 11.6. The van der Waals surface area contributed by atoms with Crippen molar-refractivity contribution in [1.82, 2.24) is 15.1 Å². The van der Waals surface area contributed by atoms with Crippen LogP contribution in [0.4, 0.5) is 5.69 Å². The molecule has 0 radical (unpaired) electrons. The van der Waals surface area contributed by atoms with E-state index in [1.807, 2.05) is 54.8 Å². The number of phenolic OH excluding ortho intramolecular Hbond substituents is 1. The molecule has 1 aromatic heterocycles. The highest BCUT2D eigenvalue weighted by atomic mass is 32.1. The highest BCUT2D eigenvalue weighted by Crippen LogP contribution is 2.33. The van der Waals surface area contributed by atoms with E-state index in [9.17, 15) is 19.5 Å². The van der Waals surface area contributed by atoms with Crippen LogP contribution in [0.1, 0.15) is 40.2 Å². The highest BCUT2D eigenvalue weighted by Gasteiger charge is 2.40. The van der Waals surface area contributed by atoms with Gasteiger partial charge in [-0.3, -0.25) is 19.3 Å². The van der Waals surface area contributed by atoms with Crippen LogP contribution >= 0.6 is 11.3 Å². The van der Waals surface area contributed by atoms with Gasteiger partial charge < -0.3 is 20.6 Å². The van der Waals surface area contributed by atoms with Crippen molar-refractivity contribution in [2.45, 2.75) is 25.9 Å². The van der Waals surface area contributed by atoms with Crippen molar-refractivity contribution in [3.05, 3.63) is 93.4 Å². The maximum absolute atomic E-state index is 13.5. The molecule has 0 saturated carbocycles. The molecule has 0 bridgehead atoms. The molecule has 36 heavy (non-hydrogen) atoms.